The fraction of sp³-hybridized carbons (Fsp3) is 0.409. The summed E-state index contributed by atoms with van der Waals surface area (Å²) in [5, 5.41) is 4.41. The highest BCUT2D eigenvalue weighted by Crippen LogP contribution is 2.29. The van der Waals surface area contributed by atoms with Crippen molar-refractivity contribution in [3.63, 3.8) is 0 Å². The SMILES string of the molecule is CCS(=O)(=O)c1ccc(-n2cc(-c3ncncc3OC[C@H]3CC[C@@H](N)CC3)cn2)cc1.Cl. The molecule has 0 saturated heterocycles. The topological polar surface area (TPSA) is 113 Å². The van der Waals surface area contributed by atoms with Gasteiger partial charge in [0.2, 0.25) is 0 Å². The molecule has 0 aliphatic heterocycles. The molecule has 2 N–H and O–H groups in total. The van der Waals surface area contributed by atoms with E-state index in [1.807, 2.05) is 6.20 Å². The summed E-state index contributed by atoms with van der Waals surface area (Å²) in [4.78, 5) is 8.82. The van der Waals surface area contributed by atoms with Crippen LogP contribution in [0.15, 0.2) is 54.1 Å². The smallest absolute Gasteiger partial charge is 0.178 e. The first-order chi connectivity index (χ1) is 15.0. The lowest BCUT2D eigenvalue weighted by molar-refractivity contribution is 0.200. The van der Waals surface area contributed by atoms with Gasteiger partial charge in [-0.3, -0.25) is 0 Å². The second-order valence-electron chi connectivity index (χ2n) is 7.90. The number of rotatable bonds is 7. The van der Waals surface area contributed by atoms with Gasteiger partial charge in [-0.25, -0.2) is 23.1 Å². The minimum absolute atomic E-state index is 0. The molecule has 2 aromatic heterocycles. The van der Waals surface area contributed by atoms with E-state index in [1.165, 1.54) is 6.33 Å². The van der Waals surface area contributed by atoms with E-state index in [9.17, 15) is 8.42 Å². The fourth-order valence-electron chi connectivity index (χ4n) is 3.76. The molecular formula is C22H28ClN5O3S. The average molecular weight is 478 g/mol. The van der Waals surface area contributed by atoms with Gasteiger partial charge in [0.25, 0.3) is 0 Å². The molecule has 10 heteroatoms. The Balaban J connectivity index is 0.00000289. The number of nitrogens with zero attached hydrogens (tertiary/aromatic N) is 4. The molecule has 1 aromatic carbocycles. The molecule has 0 unspecified atom stereocenters. The van der Waals surface area contributed by atoms with E-state index < -0.39 is 9.84 Å². The maximum atomic E-state index is 12.0. The van der Waals surface area contributed by atoms with Crippen LogP contribution < -0.4 is 10.5 Å². The van der Waals surface area contributed by atoms with Gasteiger partial charge in [-0.05, 0) is 55.9 Å². The van der Waals surface area contributed by atoms with Crippen molar-refractivity contribution in [2.75, 3.05) is 12.4 Å². The lowest BCUT2D eigenvalue weighted by Gasteiger charge is -2.26. The van der Waals surface area contributed by atoms with Gasteiger partial charge >= 0.3 is 0 Å². The first-order valence-corrected chi connectivity index (χ1v) is 12.2. The van der Waals surface area contributed by atoms with E-state index in [2.05, 4.69) is 15.1 Å². The van der Waals surface area contributed by atoms with Crippen molar-refractivity contribution in [1.82, 2.24) is 19.7 Å². The van der Waals surface area contributed by atoms with E-state index in [0.717, 1.165) is 36.9 Å². The van der Waals surface area contributed by atoms with Crippen LogP contribution in [-0.2, 0) is 9.84 Å². The summed E-state index contributed by atoms with van der Waals surface area (Å²) in [5.41, 5.74) is 8.23. The van der Waals surface area contributed by atoms with Crippen molar-refractivity contribution in [2.24, 2.45) is 11.7 Å². The molecule has 1 aliphatic rings. The summed E-state index contributed by atoms with van der Waals surface area (Å²) >= 11 is 0. The second kappa shape index (κ2) is 10.4. The molecule has 1 saturated carbocycles. The van der Waals surface area contributed by atoms with Gasteiger partial charge in [0.05, 0.1) is 35.3 Å². The summed E-state index contributed by atoms with van der Waals surface area (Å²) in [6.45, 7) is 2.25. The van der Waals surface area contributed by atoms with Gasteiger partial charge in [0, 0.05) is 17.8 Å². The fourth-order valence-corrected chi connectivity index (χ4v) is 4.65. The van der Waals surface area contributed by atoms with Gasteiger partial charge in [0.15, 0.2) is 15.6 Å². The largest absolute Gasteiger partial charge is 0.489 e. The Kier molecular flexibility index (Phi) is 7.86. The monoisotopic (exact) mass is 477 g/mol. The quantitative estimate of drug-likeness (QED) is 0.554. The Morgan fingerprint density at radius 3 is 2.53 bits per heavy atom. The number of ether oxygens (including phenoxy) is 1. The molecule has 0 atom stereocenters. The van der Waals surface area contributed by atoms with Crippen LogP contribution in [0.5, 0.6) is 5.75 Å². The Labute approximate surface area is 194 Å². The molecule has 0 bridgehead atoms. The molecule has 1 aliphatic carbocycles. The third-order valence-corrected chi connectivity index (χ3v) is 7.49. The van der Waals surface area contributed by atoms with Crippen molar-refractivity contribution in [1.29, 1.82) is 0 Å². The number of halogens is 1. The van der Waals surface area contributed by atoms with Gasteiger partial charge in [-0.15, -0.1) is 12.4 Å². The van der Waals surface area contributed by atoms with E-state index in [0.29, 0.717) is 34.9 Å². The van der Waals surface area contributed by atoms with Gasteiger partial charge < -0.3 is 10.5 Å². The van der Waals surface area contributed by atoms with Gasteiger partial charge in [-0.1, -0.05) is 6.92 Å². The molecular weight excluding hydrogens is 450 g/mol. The molecule has 1 fully saturated rings. The number of hydrogen-bond donors (Lipinski definition) is 1. The van der Waals surface area contributed by atoms with Crippen LogP contribution >= 0.6 is 12.4 Å². The van der Waals surface area contributed by atoms with Crippen LogP contribution in [0.1, 0.15) is 32.6 Å². The predicted molar refractivity (Wildman–Crippen MR) is 125 cm³/mol. The van der Waals surface area contributed by atoms with Crippen LogP contribution in [0.3, 0.4) is 0 Å². The summed E-state index contributed by atoms with van der Waals surface area (Å²) in [5.74, 6) is 1.19. The van der Waals surface area contributed by atoms with E-state index in [1.54, 1.807) is 48.3 Å². The summed E-state index contributed by atoms with van der Waals surface area (Å²) < 4.78 is 31.8. The first-order valence-electron chi connectivity index (χ1n) is 10.5. The lowest BCUT2D eigenvalue weighted by Crippen LogP contribution is -2.28. The highest BCUT2D eigenvalue weighted by atomic mass is 35.5. The molecule has 32 heavy (non-hydrogen) atoms. The predicted octanol–water partition coefficient (Wildman–Crippen LogP) is 3.44. The number of hydrogen-bond acceptors (Lipinski definition) is 7. The van der Waals surface area contributed by atoms with Crippen LogP contribution in [0.2, 0.25) is 0 Å². The van der Waals surface area contributed by atoms with Crippen LogP contribution in [-0.4, -0.2) is 46.6 Å². The molecule has 8 nitrogen and oxygen atoms in total. The number of aromatic nitrogens is 4. The van der Waals surface area contributed by atoms with Crippen molar-refractivity contribution in [2.45, 2.75) is 43.5 Å². The molecule has 2 heterocycles. The summed E-state index contributed by atoms with van der Waals surface area (Å²) in [7, 11) is -3.23. The summed E-state index contributed by atoms with van der Waals surface area (Å²) in [6, 6.07) is 7.00. The van der Waals surface area contributed by atoms with Gasteiger partial charge in [-0.2, -0.15) is 5.10 Å². The normalized spacial score (nSPS) is 18.7. The van der Waals surface area contributed by atoms with E-state index in [4.69, 9.17) is 10.5 Å². The second-order valence-corrected chi connectivity index (χ2v) is 10.2. The highest BCUT2D eigenvalue weighted by molar-refractivity contribution is 7.91. The van der Waals surface area contributed by atoms with Crippen LogP contribution in [0.25, 0.3) is 16.9 Å². The van der Waals surface area contributed by atoms with Crippen molar-refractivity contribution >= 4 is 22.2 Å². The minimum atomic E-state index is -3.23. The van der Waals surface area contributed by atoms with Crippen LogP contribution in [0.4, 0.5) is 0 Å². The number of nitrogens with two attached hydrogens (primary N) is 1. The third kappa shape index (κ3) is 5.46. The zero-order valence-electron chi connectivity index (χ0n) is 17.9. The Morgan fingerprint density at radius 2 is 1.84 bits per heavy atom. The number of sulfone groups is 1. The molecule has 0 radical (unpaired) electrons. The van der Waals surface area contributed by atoms with Crippen molar-refractivity contribution in [3.8, 4) is 22.7 Å². The Morgan fingerprint density at radius 1 is 1.12 bits per heavy atom. The van der Waals surface area contributed by atoms with Gasteiger partial charge in [0.1, 0.15) is 12.0 Å². The molecule has 172 valence electrons. The number of benzene rings is 1. The van der Waals surface area contributed by atoms with Crippen molar-refractivity contribution in [3.05, 3.63) is 49.2 Å². The lowest BCUT2D eigenvalue weighted by atomic mass is 9.87. The standard InChI is InChI=1S/C22H27N5O3S.ClH/c1-2-31(28,29)20-9-7-19(8-10-20)27-13-17(11-26-27)22-21(12-24-15-25-22)30-14-16-3-5-18(23)6-4-16;/h7-13,15-16,18H,2-6,14,23H2,1H3;1H/t16-,18+;. The van der Waals surface area contributed by atoms with E-state index in [-0.39, 0.29) is 18.2 Å². The molecule has 3 aromatic rings. The van der Waals surface area contributed by atoms with E-state index >= 15 is 0 Å². The Bertz CT molecular complexity index is 1130. The molecule has 0 amide bonds. The maximum absolute atomic E-state index is 12.0. The third-order valence-electron chi connectivity index (χ3n) is 5.74. The zero-order chi connectivity index (χ0) is 21.8. The highest BCUT2D eigenvalue weighted by Gasteiger charge is 2.20. The average Bonchev–Trinajstić information content (AvgIpc) is 3.29. The molecule has 0 spiro atoms. The molecule has 4 rings (SSSR count). The summed E-state index contributed by atoms with van der Waals surface area (Å²) in [6.07, 6.45) is 11.0. The Hall–Kier alpha value is -2.49. The first kappa shape index (κ1) is 24.2. The van der Waals surface area contributed by atoms with Crippen LogP contribution in [0, 0.1) is 5.92 Å². The van der Waals surface area contributed by atoms with Crippen molar-refractivity contribution < 1.29 is 13.2 Å². The zero-order valence-corrected chi connectivity index (χ0v) is 19.6. The maximum Gasteiger partial charge on any atom is 0.178 e. The minimum Gasteiger partial charge on any atom is -0.489 e.